The molecule has 3 N–H and O–H groups in total. The number of aromatic nitrogens is 2. The molecule has 0 radical (unpaired) electrons. The average Bonchev–Trinajstić information content (AvgIpc) is 2.96. The molecular weight excluding hydrogens is 198 g/mol. The van der Waals surface area contributed by atoms with Crippen LogP contribution in [0, 0.1) is 5.92 Å². The largest absolute Gasteiger partial charge is 0.394 e. The number of aliphatic hydroxyl groups excluding tert-OH is 1. The quantitative estimate of drug-likeness (QED) is 0.723. The van der Waals surface area contributed by atoms with Gasteiger partial charge in [0.05, 0.1) is 6.61 Å². The molecule has 6 heteroatoms. The van der Waals surface area contributed by atoms with Gasteiger partial charge in [0.25, 0.3) is 0 Å². The molecule has 2 atom stereocenters. The first-order chi connectivity index (χ1) is 7.26. The first-order valence-corrected chi connectivity index (χ1v) is 4.99. The Labute approximate surface area is 87.4 Å². The van der Waals surface area contributed by atoms with Gasteiger partial charge in [0.1, 0.15) is 12.1 Å². The van der Waals surface area contributed by atoms with Crippen molar-refractivity contribution in [3.63, 3.8) is 0 Å². The third-order valence-electron chi connectivity index (χ3n) is 2.53. The highest BCUT2D eigenvalue weighted by Gasteiger charge is 2.35. The van der Waals surface area contributed by atoms with Gasteiger partial charge in [-0.1, -0.05) is 5.16 Å². The molecule has 1 aliphatic carbocycles. The van der Waals surface area contributed by atoms with Crippen LogP contribution in [-0.4, -0.2) is 29.0 Å². The van der Waals surface area contributed by atoms with Crippen LogP contribution in [0.5, 0.6) is 0 Å². The van der Waals surface area contributed by atoms with Gasteiger partial charge in [-0.25, -0.2) is 0 Å². The summed E-state index contributed by atoms with van der Waals surface area (Å²) in [5, 5.41) is 12.6. The molecule has 0 amide bonds. The number of nitrogens with two attached hydrogens (primary N) is 1. The monoisotopic (exact) mass is 213 g/mol. The first kappa shape index (κ1) is 10.5. The van der Waals surface area contributed by atoms with Crippen molar-refractivity contribution < 1.29 is 14.4 Å². The van der Waals surface area contributed by atoms with Crippen LogP contribution in [-0.2, 0) is 4.74 Å². The van der Waals surface area contributed by atoms with Crippen molar-refractivity contribution >= 4 is 0 Å². The second-order valence-corrected chi connectivity index (χ2v) is 3.77. The maximum atomic E-state index is 8.83. The predicted octanol–water partition coefficient (Wildman–Crippen LogP) is 0.159. The predicted molar refractivity (Wildman–Crippen MR) is 50.8 cm³/mol. The van der Waals surface area contributed by atoms with Crippen LogP contribution in [0.4, 0.5) is 0 Å². The van der Waals surface area contributed by atoms with Gasteiger partial charge in [-0.15, -0.1) is 0 Å². The summed E-state index contributed by atoms with van der Waals surface area (Å²) in [6, 6.07) is -0.608. The number of aliphatic hydroxyl groups is 1. The lowest BCUT2D eigenvalue weighted by molar-refractivity contribution is 0.0751. The Balaban J connectivity index is 2.10. The molecule has 0 saturated heterocycles. The van der Waals surface area contributed by atoms with E-state index in [1.807, 2.05) is 0 Å². The van der Waals surface area contributed by atoms with Gasteiger partial charge in [-0.05, 0) is 18.8 Å². The van der Waals surface area contributed by atoms with Crippen molar-refractivity contribution in [2.75, 3.05) is 13.7 Å². The molecule has 0 bridgehead atoms. The number of hydrogen-bond donors (Lipinski definition) is 2. The fourth-order valence-corrected chi connectivity index (χ4v) is 1.50. The number of ether oxygens (including phenoxy) is 1. The fraction of sp³-hybridized carbons (Fsp3) is 0.778. The van der Waals surface area contributed by atoms with E-state index in [1.165, 1.54) is 0 Å². The number of hydrogen-bond acceptors (Lipinski definition) is 6. The van der Waals surface area contributed by atoms with Crippen molar-refractivity contribution in [2.24, 2.45) is 11.7 Å². The Morgan fingerprint density at radius 2 is 2.40 bits per heavy atom. The van der Waals surface area contributed by atoms with Crippen LogP contribution >= 0.6 is 0 Å². The Hall–Kier alpha value is -0.980. The lowest BCUT2D eigenvalue weighted by Gasteiger charge is -2.08. The first-order valence-electron chi connectivity index (χ1n) is 4.99. The molecule has 2 rings (SSSR count). The highest BCUT2D eigenvalue weighted by Crippen LogP contribution is 2.41. The number of methoxy groups -OCH3 is 1. The summed E-state index contributed by atoms with van der Waals surface area (Å²) >= 11 is 0. The Morgan fingerprint density at radius 1 is 1.67 bits per heavy atom. The van der Waals surface area contributed by atoms with Crippen LogP contribution in [0.2, 0.25) is 0 Å². The second-order valence-electron chi connectivity index (χ2n) is 3.77. The second kappa shape index (κ2) is 4.26. The highest BCUT2D eigenvalue weighted by molar-refractivity contribution is 5.00. The van der Waals surface area contributed by atoms with Crippen LogP contribution in [0.1, 0.15) is 36.7 Å². The summed E-state index contributed by atoms with van der Waals surface area (Å²) in [5.74, 6) is 1.28. The maximum absolute atomic E-state index is 8.83. The van der Waals surface area contributed by atoms with Crippen LogP contribution < -0.4 is 5.73 Å². The van der Waals surface area contributed by atoms with E-state index < -0.39 is 6.04 Å². The molecule has 1 saturated carbocycles. The van der Waals surface area contributed by atoms with E-state index in [0.717, 1.165) is 12.8 Å². The summed E-state index contributed by atoms with van der Waals surface area (Å²) in [6.45, 7) is -0.206. The summed E-state index contributed by atoms with van der Waals surface area (Å²) in [5.41, 5.74) is 5.55. The van der Waals surface area contributed by atoms with E-state index in [4.69, 9.17) is 20.1 Å². The average molecular weight is 213 g/mol. The maximum Gasteiger partial charge on any atom is 0.246 e. The summed E-state index contributed by atoms with van der Waals surface area (Å²) in [6.07, 6.45) is 2.16. The van der Waals surface area contributed by atoms with E-state index in [2.05, 4.69) is 10.1 Å². The molecular formula is C9H15N3O3. The lowest BCUT2D eigenvalue weighted by Crippen LogP contribution is -2.15. The zero-order valence-electron chi connectivity index (χ0n) is 8.59. The van der Waals surface area contributed by atoms with Crippen molar-refractivity contribution in [3.8, 4) is 0 Å². The Morgan fingerprint density at radius 3 is 2.93 bits per heavy atom. The van der Waals surface area contributed by atoms with Gasteiger partial charge in [-0.3, -0.25) is 0 Å². The fourth-order valence-electron chi connectivity index (χ4n) is 1.50. The standard InChI is InChI=1S/C9H15N3O3/c1-14-7(5-2-3-5)8-11-9(15-12-8)6(10)4-13/h5-7,13H,2-4,10H2,1H3. The van der Waals surface area contributed by atoms with Crippen molar-refractivity contribution in [1.82, 2.24) is 10.1 Å². The highest BCUT2D eigenvalue weighted by atomic mass is 16.5. The normalized spacial score (nSPS) is 20.2. The van der Waals surface area contributed by atoms with E-state index in [9.17, 15) is 0 Å². The van der Waals surface area contributed by atoms with E-state index >= 15 is 0 Å². The van der Waals surface area contributed by atoms with Gasteiger partial charge in [0, 0.05) is 7.11 Å². The molecule has 0 spiro atoms. The SMILES string of the molecule is COC(c1noc(C(N)CO)n1)C1CC1. The molecule has 1 fully saturated rings. The molecule has 0 aromatic carbocycles. The lowest BCUT2D eigenvalue weighted by atomic mass is 10.2. The Kier molecular flexibility index (Phi) is 2.99. The summed E-state index contributed by atoms with van der Waals surface area (Å²) in [7, 11) is 1.63. The minimum Gasteiger partial charge on any atom is -0.394 e. The third kappa shape index (κ3) is 2.17. The molecule has 15 heavy (non-hydrogen) atoms. The van der Waals surface area contributed by atoms with Gasteiger partial charge < -0.3 is 20.1 Å². The van der Waals surface area contributed by atoms with Gasteiger partial charge >= 0.3 is 0 Å². The van der Waals surface area contributed by atoms with Crippen LogP contribution in [0.3, 0.4) is 0 Å². The van der Waals surface area contributed by atoms with Gasteiger partial charge in [-0.2, -0.15) is 4.98 Å². The van der Waals surface area contributed by atoms with Crippen LogP contribution in [0.15, 0.2) is 4.52 Å². The molecule has 6 nitrogen and oxygen atoms in total. The minimum absolute atomic E-state index is 0.103. The third-order valence-corrected chi connectivity index (χ3v) is 2.53. The summed E-state index contributed by atoms with van der Waals surface area (Å²) < 4.78 is 10.3. The zero-order chi connectivity index (χ0) is 10.8. The van der Waals surface area contributed by atoms with Crippen molar-refractivity contribution in [3.05, 3.63) is 11.7 Å². The van der Waals surface area contributed by atoms with E-state index in [-0.39, 0.29) is 18.6 Å². The number of rotatable bonds is 5. The van der Waals surface area contributed by atoms with Crippen molar-refractivity contribution in [2.45, 2.75) is 25.0 Å². The molecule has 1 heterocycles. The Bertz CT molecular complexity index is 324. The molecule has 2 unspecified atom stereocenters. The molecule has 1 aliphatic rings. The summed E-state index contributed by atoms with van der Waals surface area (Å²) in [4.78, 5) is 4.13. The van der Waals surface area contributed by atoms with Gasteiger partial charge in [0.2, 0.25) is 11.7 Å². The smallest absolute Gasteiger partial charge is 0.246 e. The zero-order valence-corrected chi connectivity index (χ0v) is 8.59. The molecule has 84 valence electrons. The van der Waals surface area contributed by atoms with E-state index in [0.29, 0.717) is 11.7 Å². The molecule has 0 aliphatic heterocycles. The minimum atomic E-state index is -0.608. The van der Waals surface area contributed by atoms with Crippen LogP contribution in [0.25, 0.3) is 0 Å². The number of nitrogens with zero attached hydrogens (tertiary/aromatic N) is 2. The van der Waals surface area contributed by atoms with E-state index in [1.54, 1.807) is 7.11 Å². The molecule has 1 aromatic heterocycles. The van der Waals surface area contributed by atoms with Crippen molar-refractivity contribution in [1.29, 1.82) is 0 Å². The molecule has 1 aromatic rings. The topological polar surface area (TPSA) is 94.4 Å². The van der Waals surface area contributed by atoms with Gasteiger partial charge in [0.15, 0.2) is 0 Å².